The SMILES string of the molecule is Cc1nc(NC(=O)CN2CCC(c3ccc(Cc4ccccc4F)cn3)CC2)sc1C. The Kier molecular flexibility index (Phi) is 6.73. The third-order valence-corrected chi connectivity index (χ3v) is 6.84. The first-order valence-corrected chi connectivity index (χ1v) is 11.4. The van der Waals surface area contributed by atoms with Crippen molar-refractivity contribution in [1.29, 1.82) is 0 Å². The molecule has 1 N–H and O–H groups in total. The van der Waals surface area contributed by atoms with Gasteiger partial charge < -0.3 is 5.32 Å². The number of halogens is 1. The second-order valence-corrected chi connectivity index (χ2v) is 9.32. The molecule has 0 atom stereocenters. The van der Waals surface area contributed by atoms with E-state index < -0.39 is 0 Å². The Morgan fingerprint density at radius 1 is 1.19 bits per heavy atom. The molecule has 1 aliphatic heterocycles. The number of aryl methyl sites for hydroxylation is 2. The average molecular weight is 439 g/mol. The summed E-state index contributed by atoms with van der Waals surface area (Å²) < 4.78 is 13.9. The monoisotopic (exact) mass is 438 g/mol. The first-order valence-electron chi connectivity index (χ1n) is 10.6. The molecule has 0 bridgehead atoms. The van der Waals surface area contributed by atoms with Crippen molar-refractivity contribution >= 4 is 22.4 Å². The summed E-state index contributed by atoms with van der Waals surface area (Å²) >= 11 is 1.51. The van der Waals surface area contributed by atoms with Gasteiger partial charge in [0, 0.05) is 29.1 Å². The number of benzene rings is 1. The highest BCUT2D eigenvalue weighted by Gasteiger charge is 2.23. The Balaban J connectivity index is 1.26. The summed E-state index contributed by atoms with van der Waals surface area (Å²) in [5.41, 5.74) is 3.74. The Labute approximate surface area is 186 Å². The van der Waals surface area contributed by atoms with Crippen LogP contribution >= 0.6 is 11.3 Å². The van der Waals surface area contributed by atoms with Gasteiger partial charge in [0.15, 0.2) is 5.13 Å². The average Bonchev–Trinajstić information content (AvgIpc) is 3.07. The van der Waals surface area contributed by atoms with E-state index >= 15 is 0 Å². The van der Waals surface area contributed by atoms with Crippen molar-refractivity contribution in [2.75, 3.05) is 25.0 Å². The van der Waals surface area contributed by atoms with Gasteiger partial charge in [-0.05, 0) is 63.0 Å². The molecule has 1 aliphatic rings. The number of aromatic nitrogens is 2. The molecular formula is C24H27FN4OS. The molecule has 0 spiro atoms. The van der Waals surface area contributed by atoms with E-state index in [1.165, 1.54) is 17.4 Å². The van der Waals surface area contributed by atoms with Crippen LogP contribution in [0.15, 0.2) is 42.6 Å². The zero-order chi connectivity index (χ0) is 21.8. The maximum absolute atomic E-state index is 13.9. The number of rotatable bonds is 6. The van der Waals surface area contributed by atoms with Crippen molar-refractivity contribution < 1.29 is 9.18 Å². The Morgan fingerprint density at radius 2 is 1.97 bits per heavy atom. The van der Waals surface area contributed by atoms with Crippen LogP contribution in [0, 0.1) is 19.7 Å². The normalized spacial score (nSPS) is 15.2. The summed E-state index contributed by atoms with van der Waals surface area (Å²) in [6, 6.07) is 11.0. The number of likely N-dealkylation sites (tertiary alicyclic amines) is 1. The highest BCUT2D eigenvalue weighted by Crippen LogP contribution is 2.27. The van der Waals surface area contributed by atoms with Gasteiger partial charge in [0.05, 0.1) is 12.2 Å². The summed E-state index contributed by atoms with van der Waals surface area (Å²) in [5.74, 6) is 0.206. The lowest BCUT2D eigenvalue weighted by Gasteiger charge is -2.31. The van der Waals surface area contributed by atoms with Gasteiger partial charge >= 0.3 is 0 Å². The topological polar surface area (TPSA) is 58.1 Å². The van der Waals surface area contributed by atoms with Gasteiger partial charge in [0.2, 0.25) is 5.91 Å². The number of carbonyl (C=O) groups excluding carboxylic acids is 1. The molecule has 7 heteroatoms. The summed E-state index contributed by atoms with van der Waals surface area (Å²) in [7, 11) is 0. The van der Waals surface area contributed by atoms with Gasteiger partial charge in [-0.15, -0.1) is 11.3 Å². The summed E-state index contributed by atoms with van der Waals surface area (Å²) in [6.45, 7) is 6.08. The Morgan fingerprint density at radius 3 is 2.61 bits per heavy atom. The van der Waals surface area contributed by atoms with Gasteiger partial charge in [0.1, 0.15) is 5.82 Å². The van der Waals surface area contributed by atoms with Crippen LogP contribution in [0.5, 0.6) is 0 Å². The molecule has 1 amide bonds. The third kappa shape index (κ3) is 5.54. The highest BCUT2D eigenvalue weighted by molar-refractivity contribution is 7.15. The number of piperidine rings is 1. The second kappa shape index (κ2) is 9.66. The van der Waals surface area contributed by atoms with E-state index in [1.807, 2.05) is 38.2 Å². The fourth-order valence-electron chi connectivity index (χ4n) is 3.92. The summed E-state index contributed by atoms with van der Waals surface area (Å²) in [4.78, 5) is 24.7. The van der Waals surface area contributed by atoms with Crippen LogP contribution in [-0.4, -0.2) is 40.4 Å². The Bertz CT molecular complexity index is 1020. The second-order valence-electron chi connectivity index (χ2n) is 8.12. The highest BCUT2D eigenvalue weighted by atomic mass is 32.1. The number of nitrogens with zero attached hydrogens (tertiary/aromatic N) is 3. The number of thiazole rings is 1. The molecule has 162 valence electrons. The minimum Gasteiger partial charge on any atom is -0.301 e. The van der Waals surface area contributed by atoms with Crippen LogP contribution in [0.4, 0.5) is 9.52 Å². The van der Waals surface area contributed by atoms with Crippen LogP contribution < -0.4 is 5.32 Å². The molecule has 3 heterocycles. The maximum Gasteiger partial charge on any atom is 0.240 e. The molecule has 31 heavy (non-hydrogen) atoms. The number of carbonyl (C=O) groups is 1. The number of pyridine rings is 1. The van der Waals surface area contributed by atoms with E-state index in [-0.39, 0.29) is 11.7 Å². The predicted octanol–water partition coefficient (Wildman–Crippen LogP) is 4.70. The van der Waals surface area contributed by atoms with Crippen LogP contribution in [-0.2, 0) is 11.2 Å². The van der Waals surface area contributed by atoms with Crippen molar-refractivity contribution in [3.63, 3.8) is 0 Å². The zero-order valence-corrected chi connectivity index (χ0v) is 18.7. The molecular weight excluding hydrogens is 411 g/mol. The van der Waals surface area contributed by atoms with Crippen LogP contribution in [0.1, 0.15) is 46.2 Å². The fraction of sp³-hybridized carbons (Fsp3) is 0.375. The fourth-order valence-corrected chi connectivity index (χ4v) is 4.75. The number of nitrogens with one attached hydrogen (secondary N) is 1. The quantitative estimate of drug-likeness (QED) is 0.606. The molecule has 0 saturated carbocycles. The first-order chi connectivity index (χ1) is 15.0. The van der Waals surface area contributed by atoms with Crippen molar-refractivity contribution in [1.82, 2.24) is 14.9 Å². The van der Waals surface area contributed by atoms with E-state index in [9.17, 15) is 9.18 Å². The lowest BCUT2D eigenvalue weighted by Crippen LogP contribution is -2.38. The van der Waals surface area contributed by atoms with Gasteiger partial charge in [-0.1, -0.05) is 24.3 Å². The maximum atomic E-state index is 13.9. The lowest BCUT2D eigenvalue weighted by atomic mass is 9.92. The number of anilines is 1. The molecule has 4 rings (SSSR count). The van der Waals surface area contributed by atoms with Gasteiger partial charge in [0.25, 0.3) is 0 Å². The summed E-state index contributed by atoms with van der Waals surface area (Å²) in [6.07, 6.45) is 4.36. The van der Waals surface area contributed by atoms with E-state index in [2.05, 4.69) is 26.3 Å². The molecule has 1 fully saturated rings. The van der Waals surface area contributed by atoms with Crippen LogP contribution in [0.25, 0.3) is 0 Å². The predicted molar refractivity (Wildman–Crippen MR) is 122 cm³/mol. The van der Waals surface area contributed by atoms with Crippen molar-refractivity contribution in [3.05, 3.63) is 75.8 Å². The van der Waals surface area contributed by atoms with Gasteiger partial charge in [-0.3, -0.25) is 14.7 Å². The van der Waals surface area contributed by atoms with Gasteiger partial charge in [-0.2, -0.15) is 0 Å². The van der Waals surface area contributed by atoms with Crippen LogP contribution in [0.2, 0.25) is 0 Å². The number of hydrogen-bond acceptors (Lipinski definition) is 5. The molecule has 2 aromatic heterocycles. The van der Waals surface area contributed by atoms with Crippen LogP contribution in [0.3, 0.4) is 0 Å². The smallest absolute Gasteiger partial charge is 0.240 e. The van der Waals surface area contributed by atoms with E-state index in [0.29, 0.717) is 29.6 Å². The molecule has 0 radical (unpaired) electrons. The lowest BCUT2D eigenvalue weighted by molar-refractivity contribution is -0.117. The largest absolute Gasteiger partial charge is 0.301 e. The van der Waals surface area contributed by atoms with Crippen molar-refractivity contribution in [2.24, 2.45) is 0 Å². The minimum atomic E-state index is -0.178. The Hall–Kier alpha value is -2.64. The minimum absolute atomic E-state index is 0.0113. The molecule has 0 aliphatic carbocycles. The van der Waals surface area contributed by atoms with E-state index in [1.54, 1.807) is 6.07 Å². The number of amides is 1. The zero-order valence-electron chi connectivity index (χ0n) is 17.9. The molecule has 1 aromatic carbocycles. The van der Waals surface area contributed by atoms with Gasteiger partial charge in [-0.25, -0.2) is 9.37 Å². The molecule has 5 nitrogen and oxygen atoms in total. The molecule has 3 aromatic rings. The van der Waals surface area contributed by atoms with E-state index in [4.69, 9.17) is 0 Å². The van der Waals surface area contributed by atoms with Crippen molar-refractivity contribution in [3.8, 4) is 0 Å². The molecule has 0 unspecified atom stereocenters. The summed E-state index contributed by atoms with van der Waals surface area (Å²) in [5, 5.41) is 3.59. The standard InChI is InChI=1S/C24H27FN4OS/c1-16-17(2)31-24(27-16)28-23(30)15-29-11-9-19(10-12-29)22-8-7-18(14-26-22)13-20-5-3-4-6-21(20)25/h3-8,14,19H,9-13,15H2,1-2H3,(H,27,28,30). The molecule has 1 saturated heterocycles. The first kappa shape index (κ1) is 21.6. The number of hydrogen-bond donors (Lipinski definition) is 1. The van der Waals surface area contributed by atoms with E-state index in [0.717, 1.165) is 47.8 Å². The van der Waals surface area contributed by atoms with Crippen molar-refractivity contribution in [2.45, 2.75) is 39.0 Å². The third-order valence-electron chi connectivity index (χ3n) is 5.85.